The van der Waals surface area contributed by atoms with Crippen LogP contribution in [0, 0.1) is 5.82 Å². The number of halogens is 1. The summed E-state index contributed by atoms with van der Waals surface area (Å²) >= 11 is 1.73. The zero-order valence-corrected chi connectivity index (χ0v) is 17.7. The van der Waals surface area contributed by atoms with Crippen LogP contribution in [0.4, 0.5) is 10.1 Å². The van der Waals surface area contributed by atoms with Gasteiger partial charge in [0.15, 0.2) is 0 Å². The van der Waals surface area contributed by atoms with Crippen LogP contribution in [0.3, 0.4) is 0 Å². The Morgan fingerprint density at radius 3 is 2.77 bits per heavy atom. The molecule has 31 heavy (non-hydrogen) atoms. The first-order valence-corrected chi connectivity index (χ1v) is 10.9. The van der Waals surface area contributed by atoms with Gasteiger partial charge >= 0.3 is 0 Å². The number of amides is 2. The van der Waals surface area contributed by atoms with Crippen molar-refractivity contribution in [3.8, 4) is 11.4 Å². The molecule has 2 heterocycles. The number of carbonyl (C=O) groups is 2. The van der Waals surface area contributed by atoms with Crippen molar-refractivity contribution in [1.29, 1.82) is 0 Å². The predicted molar refractivity (Wildman–Crippen MR) is 115 cm³/mol. The molecule has 2 aromatic carbocycles. The summed E-state index contributed by atoms with van der Waals surface area (Å²) in [7, 11) is 0. The maximum atomic E-state index is 13.1. The number of benzene rings is 2. The minimum atomic E-state index is -0.517. The van der Waals surface area contributed by atoms with Crippen LogP contribution < -0.4 is 10.2 Å². The topological polar surface area (TPSA) is 88.3 Å². The van der Waals surface area contributed by atoms with E-state index < -0.39 is 6.04 Å². The van der Waals surface area contributed by atoms with Crippen LogP contribution in [0.15, 0.2) is 57.9 Å². The van der Waals surface area contributed by atoms with E-state index in [1.54, 1.807) is 35.7 Å². The smallest absolute Gasteiger partial charge is 0.249 e. The van der Waals surface area contributed by atoms with Gasteiger partial charge in [0.25, 0.3) is 0 Å². The lowest BCUT2D eigenvalue weighted by molar-refractivity contribution is -0.125. The van der Waals surface area contributed by atoms with Gasteiger partial charge in [-0.25, -0.2) is 4.39 Å². The predicted octanol–water partition coefficient (Wildman–Crippen LogP) is 3.97. The number of rotatable bonds is 6. The van der Waals surface area contributed by atoms with Crippen molar-refractivity contribution in [3.63, 3.8) is 0 Å². The van der Waals surface area contributed by atoms with Crippen LogP contribution in [0.25, 0.3) is 11.4 Å². The lowest BCUT2D eigenvalue weighted by atomic mass is 10.2. The van der Waals surface area contributed by atoms with Crippen molar-refractivity contribution in [2.45, 2.75) is 30.7 Å². The van der Waals surface area contributed by atoms with Crippen molar-refractivity contribution >= 4 is 29.3 Å². The largest absolute Gasteiger partial charge is 0.345 e. The number of aromatic nitrogens is 2. The number of nitrogens with one attached hydrogen (secondary N) is 1. The Labute approximate surface area is 183 Å². The molecule has 3 aromatic rings. The van der Waals surface area contributed by atoms with Gasteiger partial charge in [-0.05, 0) is 43.3 Å². The van der Waals surface area contributed by atoms with E-state index in [0.717, 1.165) is 16.3 Å². The third-order valence-electron chi connectivity index (χ3n) is 4.89. The molecule has 1 aliphatic rings. The molecule has 1 atom stereocenters. The van der Waals surface area contributed by atoms with Gasteiger partial charge in [0.1, 0.15) is 11.9 Å². The first-order chi connectivity index (χ1) is 15.0. The van der Waals surface area contributed by atoms with Crippen LogP contribution in [0.1, 0.15) is 31.7 Å². The fourth-order valence-electron chi connectivity index (χ4n) is 3.29. The van der Waals surface area contributed by atoms with Gasteiger partial charge in [-0.15, -0.1) is 11.8 Å². The minimum Gasteiger partial charge on any atom is -0.345 e. The van der Waals surface area contributed by atoms with Crippen LogP contribution in [-0.2, 0) is 9.59 Å². The Bertz CT molecular complexity index is 1090. The van der Waals surface area contributed by atoms with Crippen molar-refractivity contribution < 1.29 is 18.5 Å². The highest BCUT2D eigenvalue weighted by atomic mass is 32.2. The van der Waals surface area contributed by atoms with Crippen molar-refractivity contribution in [2.24, 2.45) is 0 Å². The fraction of sp³-hybridized carbons (Fsp3) is 0.273. The molecule has 0 saturated heterocycles. The van der Waals surface area contributed by atoms with E-state index in [1.807, 2.05) is 24.3 Å². The summed E-state index contributed by atoms with van der Waals surface area (Å²) in [6.07, 6.45) is 0.177. The lowest BCUT2D eigenvalue weighted by Gasteiger charge is -2.29. The van der Waals surface area contributed by atoms with E-state index in [1.165, 1.54) is 12.1 Å². The summed E-state index contributed by atoms with van der Waals surface area (Å²) in [4.78, 5) is 32.1. The molecule has 0 fully saturated rings. The Morgan fingerprint density at radius 2 is 1.97 bits per heavy atom. The van der Waals surface area contributed by atoms with Gasteiger partial charge in [0, 0.05) is 35.6 Å². The third-order valence-corrected chi connectivity index (χ3v) is 5.93. The van der Waals surface area contributed by atoms with Crippen molar-refractivity contribution in [3.05, 3.63) is 60.2 Å². The van der Waals surface area contributed by atoms with Gasteiger partial charge in [0.2, 0.25) is 23.5 Å². The fourth-order valence-corrected chi connectivity index (χ4v) is 4.28. The van der Waals surface area contributed by atoms with E-state index in [-0.39, 0.29) is 36.4 Å². The van der Waals surface area contributed by atoms with Crippen molar-refractivity contribution in [1.82, 2.24) is 15.5 Å². The molecule has 1 unspecified atom stereocenters. The average molecular weight is 441 g/mol. The monoisotopic (exact) mass is 440 g/mol. The first kappa shape index (κ1) is 21.0. The number of fused-ring (bicyclic) bond motifs is 1. The summed E-state index contributed by atoms with van der Waals surface area (Å²) in [6.45, 7) is 2.35. The summed E-state index contributed by atoms with van der Waals surface area (Å²) in [5.74, 6) is 0.678. The molecule has 7 nitrogen and oxygen atoms in total. The molecule has 0 bridgehead atoms. The maximum Gasteiger partial charge on any atom is 0.249 e. The SMILES string of the molecule is CC(NC(=O)CCC(=O)N1CCSc2ccccc21)c1nc(-c2ccc(F)cc2)no1. The molecule has 9 heteroatoms. The number of para-hydroxylation sites is 1. The molecule has 1 N–H and O–H groups in total. The summed E-state index contributed by atoms with van der Waals surface area (Å²) in [6, 6.07) is 13.0. The molecule has 160 valence electrons. The van der Waals surface area contributed by atoms with E-state index in [9.17, 15) is 14.0 Å². The van der Waals surface area contributed by atoms with Crippen molar-refractivity contribution in [2.75, 3.05) is 17.2 Å². The maximum absolute atomic E-state index is 13.1. The minimum absolute atomic E-state index is 0.0634. The summed E-state index contributed by atoms with van der Waals surface area (Å²) in [5, 5.41) is 6.66. The molecule has 1 aromatic heterocycles. The Kier molecular flexibility index (Phi) is 6.31. The molecular weight excluding hydrogens is 419 g/mol. The first-order valence-electron chi connectivity index (χ1n) is 9.92. The summed E-state index contributed by atoms with van der Waals surface area (Å²) in [5.41, 5.74) is 1.51. The molecule has 2 amide bonds. The number of carbonyl (C=O) groups excluding carboxylic acids is 2. The molecule has 0 saturated carbocycles. The van der Waals surface area contributed by atoms with Gasteiger partial charge in [-0.1, -0.05) is 17.3 Å². The zero-order valence-electron chi connectivity index (χ0n) is 16.9. The number of thioether (sulfide) groups is 1. The van der Waals surface area contributed by atoms with Gasteiger partial charge < -0.3 is 14.7 Å². The molecule has 0 spiro atoms. The summed E-state index contributed by atoms with van der Waals surface area (Å²) < 4.78 is 18.3. The molecule has 0 radical (unpaired) electrons. The molecular formula is C22H21FN4O3S. The number of nitrogens with zero attached hydrogens (tertiary/aromatic N) is 3. The highest BCUT2D eigenvalue weighted by molar-refractivity contribution is 7.99. The second-order valence-corrected chi connectivity index (χ2v) is 8.25. The highest BCUT2D eigenvalue weighted by Crippen LogP contribution is 2.34. The number of hydrogen-bond donors (Lipinski definition) is 1. The molecule has 4 rings (SSSR count). The second kappa shape index (κ2) is 9.30. The average Bonchev–Trinajstić information content (AvgIpc) is 3.28. The van der Waals surface area contributed by atoms with Gasteiger partial charge in [-0.3, -0.25) is 9.59 Å². The van der Waals surface area contributed by atoms with Crippen LogP contribution >= 0.6 is 11.8 Å². The third kappa shape index (κ3) is 4.93. The van der Waals surface area contributed by atoms with E-state index in [0.29, 0.717) is 17.9 Å². The van der Waals surface area contributed by atoms with Gasteiger partial charge in [-0.2, -0.15) is 4.98 Å². The Morgan fingerprint density at radius 1 is 1.19 bits per heavy atom. The zero-order chi connectivity index (χ0) is 21.8. The van der Waals surface area contributed by atoms with Gasteiger partial charge in [0.05, 0.1) is 5.69 Å². The standard InChI is InChI=1S/C22H21FN4O3S/c1-14(22-25-21(26-30-22)15-6-8-16(23)9-7-15)24-19(28)10-11-20(29)27-12-13-31-18-5-3-2-4-17(18)27/h2-9,14H,10-13H2,1H3,(H,24,28). The van der Waals surface area contributed by atoms with Crippen LogP contribution in [0.5, 0.6) is 0 Å². The second-order valence-electron chi connectivity index (χ2n) is 7.11. The van der Waals surface area contributed by atoms with E-state index in [4.69, 9.17) is 4.52 Å². The lowest BCUT2D eigenvalue weighted by Crippen LogP contribution is -2.36. The quantitative estimate of drug-likeness (QED) is 0.624. The molecule has 0 aliphatic carbocycles. The molecule has 1 aliphatic heterocycles. The number of hydrogen-bond acceptors (Lipinski definition) is 6. The van der Waals surface area contributed by atoms with E-state index in [2.05, 4.69) is 15.5 Å². The Hall–Kier alpha value is -3.20. The van der Waals surface area contributed by atoms with Crippen LogP contribution in [-0.4, -0.2) is 34.3 Å². The van der Waals surface area contributed by atoms with E-state index >= 15 is 0 Å². The highest BCUT2D eigenvalue weighted by Gasteiger charge is 2.24. The van der Waals surface area contributed by atoms with Crippen LogP contribution in [0.2, 0.25) is 0 Å². The Balaban J connectivity index is 1.31. The number of anilines is 1. The normalized spacial score (nSPS) is 14.1.